The van der Waals surface area contributed by atoms with Gasteiger partial charge in [0.05, 0.1) is 11.9 Å². The number of rotatable bonds is 10. The third-order valence-corrected chi connectivity index (χ3v) is 7.61. The van der Waals surface area contributed by atoms with Crippen LogP contribution < -0.4 is 4.74 Å². The fourth-order valence-corrected chi connectivity index (χ4v) is 4.62. The molecule has 35 heavy (non-hydrogen) atoms. The van der Waals surface area contributed by atoms with Crippen LogP contribution in [0.25, 0.3) is 0 Å². The maximum absolute atomic E-state index is 12.3. The van der Waals surface area contributed by atoms with Gasteiger partial charge in [-0.2, -0.15) is 0 Å². The number of ether oxygens (including phenoxy) is 2. The Morgan fingerprint density at radius 2 is 1.63 bits per heavy atom. The summed E-state index contributed by atoms with van der Waals surface area (Å²) in [4.78, 5) is 12.3. The summed E-state index contributed by atoms with van der Waals surface area (Å²) in [5, 5.41) is 10.4. The molecule has 1 N–H and O–H groups in total. The number of allylic oxidation sites excluding steroid dienone is 4. The van der Waals surface area contributed by atoms with Crippen molar-refractivity contribution in [2.45, 2.75) is 106 Å². The Bertz CT molecular complexity index is 949. The molecule has 0 saturated heterocycles. The van der Waals surface area contributed by atoms with Crippen LogP contribution in [0.5, 0.6) is 5.75 Å². The number of benzene rings is 1. The van der Waals surface area contributed by atoms with Crippen molar-refractivity contribution < 1.29 is 19.4 Å². The predicted molar refractivity (Wildman–Crippen MR) is 145 cm³/mol. The minimum Gasteiger partial charge on any atom is -0.495 e. The molecule has 0 amide bonds. The van der Waals surface area contributed by atoms with E-state index in [1.165, 1.54) is 11.1 Å². The zero-order valence-corrected chi connectivity index (χ0v) is 23.8. The largest absolute Gasteiger partial charge is 0.495 e. The minimum absolute atomic E-state index is 0.0533. The summed E-state index contributed by atoms with van der Waals surface area (Å²) in [7, 11) is 0. The molecule has 2 rings (SSSR count). The number of Topliss-reactive ketones (excluding diaryl/α,β-unsaturated/α-hetero) is 1. The Hall–Kier alpha value is -2.07. The Morgan fingerprint density at radius 3 is 2.11 bits per heavy atom. The SMILES string of the molecule is CCC(CC)(C1=CC(C)=C(OC[C@H](O)C(C)(C)C)CC1)c1ccc(OCC(=O)C(C)(C)C)c(C)c1. The smallest absolute Gasteiger partial charge is 0.175 e. The summed E-state index contributed by atoms with van der Waals surface area (Å²) in [6.07, 6.45) is 5.61. The number of aryl methyl sites for hydroxylation is 1. The van der Waals surface area contributed by atoms with E-state index < -0.39 is 11.5 Å². The second-order valence-corrected chi connectivity index (χ2v) is 12.2. The molecule has 0 heterocycles. The van der Waals surface area contributed by atoms with Crippen LogP contribution in [-0.4, -0.2) is 30.2 Å². The quantitative estimate of drug-likeness (QED) is 0.374. The molecule has 1 aromatic rings. The predicted octanol–water partition coefficient (Wildman–Crippen LogP) is 7.46. The third kappa shape index (κ3) is 7.00. The number of carbonyl (C=O) groups is 1. The van der Waals surface area contributed by atoms with Crippen LogP contribution in [0.15, 0.2) is 41.2 Å². The van der Waals surface area contributed by atoms with Crippen molar-refractivity contribution in [3.63, 3.8) is 0 Å². The summed E-state index contributed by atoms with van der Waals surface area (Å²) in [5.74, 6) is 1.86. The number of hydrogen-bond acceptors (Lipinski definition) is 4. The van der Waals surface area contributed by atoms with Gasteiger partial charge in [0.2, 0.25) is 0 Å². The first-order valence-electron chi connectivity index (χ1n) is 13.1. The molecular weight excluding hydrogens is 436 g/mol. The molecule has 0 bridgehead atoms. The van der Waals surface area contributed by atoms with Gasteiger partial charge in [0, 0.05) is 17.3 Å². The molecule has 1 aliphatic carbocycles. The number of carbonyl (C=O) groups excluding carboxylic acids is 1. The fraction of sp³-hybridized carbons (Fsp3) is 0.645. The lowest BCUT2D eigenvalue weighted by Crippen LogP contribution is -2.31. The van der Waals surface area contributed by atoms with Crippen molar-refractivity contribution in [3.8, 4) is 5.75 Å². The van der Waals surface area contributed by atoms with Crippen LogP contribution in [0.3, 0.4) is 0 Å². The summed E-state index contributed by atoms with van der Waals surface area (Å²) in [5.41, 5.74) is 4.27. The van der Waals surface area contributed by atoms with Crippen molar-refractivity contribution >= 4 is 5.78 Å². The Kier molecular flexibility index (Phi) is 9.44. The van der Waals surface area contributed by atoms with Crippen LogP contribution in [-0.2, 0) is 14.9 Å². The van der Waals surface area contributed by atoms with Gasteiger partial charge in [0.15, 0.2) is 5.78 Å². The monoisotopic (exact) mass is 484 g/mol. The van der Waals surface area contributed by atoms with E-state index in [2.05, 4.69) is 45.9 Å². The molecule has 0 fully saturated rings. The van der Waals surface area contributed by atoms with Gasteiger partial charge in [-0.3, -0.25) is 4.79 Å². The van der Waals surface area contributed by atoms with Crippen LogP contribution >= 0.6 is 0 Å². The Labute approximate surface area is 213 Å². The standard InChI is InChI=1S/C31H48O4/c1-11-31(12-2,23-13-15-25(21(3)17-23)34-19-27(32)29(5,6)7)24-14-16-26(22(4)18-24)35-20-28(33)30(8,9)10/h13,15,17-18,28,33H,11-12,14,16,19-20H2,1-10H3/t28-/m0/s1. The summed E-state index contributed by atoms with van der Waals surface area (Å²) in [6.45, 7) is 21.0. The van der Waals surface area contributed by atoms with E-state index in [1.807, 2.05) is 47.6 Å². The molecule has 0 saturated carbocycles. The number of aliphatic hydroxyl groups excluding tert-OH is 1. The van der Waals surface area contributed by atoms with Gasteiger partial charge in [0.1, 0.15) is 19.0 Å². The van der Waals surface area contributed by atoms with Crippen LogP contribution in [0.1, 0.15) is 99.1 Å². The molecule has 1 atom stereocenters. The molecule has 0 spiro atoms. The molecule has 1 aromatic carbocycles. The lowest BCUT2D eigenvalue weighted by Gasteiger charge is -2.38. The van der Waals surface area contributed by atoms with Crippen molar-refractivity contribution in [1.29, 1.82) is 0 Å². The van der Waals surface area contributed by atoms with Gasteiger partial charge >= 0.3 is 0 Å². The summed E-state index contributed by atoms with van der Waals surface area (Å²) in [6, 6.07) is 6.42. The molecule has 0 unspecified atom stereocenters. The molecule has 196 valence electrons. The lowest BCUT2D eigenvalue weighted by atomic mass is 9.67. The van der Waals surface area contributed by atoms with Gasteiger partial charge in [-0.15, -0.1) is 0 Å². The molecule has 0 radical (unpaired) electrons. The van der Waals surface area contributed by atoms with E-state index in [0.29, 0.717) is 6.61 Å². The van der Waals surface area contributed by atoms with Gasteiger partial charge in [-0.25, -0.2) is 0 Å². The zero-order valence-electron chi connectivity index (χ0n) is 23.8. The maximum Gasteiger partial charge on any atom is 0.175 e. The van der Waals surface area contributed by atoms with E-state index in [1.54, 1.807) is 0 Å². The van der Waals surface area contributed by atoms with Crippen molar-refractivity contribution in [1.82, 2.24) is 0 Å². The fourth-order valence-electron chi connectivity index (χ4n) is 4.62. The van der Waals surface area contributed by atoms with E-state index in [-0.39, 0.29) is 23.2 Å². The topological polar surface area (TPSA) is 55.8 Å². The van der Waals surface area contributed by atoms with Crippen LogP contribution in [0.4, 0.5) is 0 Å². The van der Waals surface area contributed by atoms with Crippen molar-refractivity contribution in [2.75, 3.05) is 13.2 Å². The highest BCUT2D eigenvalue weighted by Crippen LogP contribution is 2.45. The molecular formula is C31H48O4. The first kappa shape index (κ1) is 29.2. The molecule has 0 aromatic heterocycles. The Morgan fingerprint density at radius 1 is 1.00 bits per heavy atom. The average molecular weight is 485 g/mol. The average Bonchev–Trinajstić information content (AvgIpc) is 2.77. The van der Waals surface area contributed by atoms with Gasteiger partial charge in [-0.05, 0) is 61.3 Å². The highest BCUT2D eigenvalue weighted by molar-refractivity contribution is 5.85. The maximum atomic E-state index is 12.3. The molecule has 0 aliphatic heterocycles. The highest BCUT2D eigenvalue weighted by Gasteiger charge is 2.35. The summed E-state index contributed by atoms with van der Waals surface area (Å²) >= 11 is 0. The van der Waals surface area contributed by atoms with Crippen molar-refractivity contribution in [3.05, 3.63) is 52.3 Å². The molecule has 4 nitrogen and oxygen atoms in total. The summed E-state index contributed by atoms with van der Waals surface area (Å²) < 4.78 is 12.0. The van der Waals surface area contributed by atoms with Crippen LogP contribution in [0, 0.1) is 17.8 Å². The first-order chi connectivity index (χ1) is 16.2. The lowest BCUT2D eigenvalue weighted by molar-refractivity contribution is -0.128. The molecule has 1 aliphatic rings. The van der Waals surface area contributed by atoms with Gasteiger partial charge < -0.3 is 14.6 Å². The normalized spacial score (nSPS) is 16.1. The van der Waals surface area contributed by atoms with Crippen molar-refractivity contribution in [2.24, 2.45) is 10.8 Å². The third-order valence-electron chi connectivity index (χ3n) is 7.61. The highest BCUT2D eigenvalue weighted by atomic mass is 16.5. The molecule has 4 heteroatoms. The second kappa shape index (κ2) is 11.3. The van der Waals surface area contributed by atoms with E-state index in [4.69, 9.17) is 9.47 Å². The van der Waals surface area contributed by atoms with E-state index >= 15 is 0 Å². The minimum atomic E-state index is -0.499. The van der Waals surface area contributed by atoms with Gasteiger partial charge in [0.25, 0.3) is 0 Å². The van der Waals surface area contributed by atoms with E-state index in [9.17, 15) is 9.90 Å². The number of hydrogen-bond donors (Lipinski definition) is 1. The number of ketones is 1. The van der Waals surface area contributed by atoms with Gasteiger partial charge in [-0.1, -0.05) is 79.2 Å². The first-order valence-corrected chi connectivity index (χ1v) is 13.1. The second-order valence-electron chi connectivity index (χ2n) is 12.2. The zero-order chi connectivity index (χ0) is 26.6. The van der Waals surface area contributed by atoms with E-state index in [0.717, 1.165) is 48.3 Å². The Balaban J connectivity index is 2.28. The number of aliphatic hydroxyl groups is 1. The van der Waals surface area contributed by atoms with Crippen LogP contribution in [0.2, 0.25) is 0 Å².